The number of alkyl halides is 1. The summed E-state index contributed by atoms with van der Waals surface area (Å²) in [5.41, 5.74) is -0.762. The van der Waals surface area contributed by atoms with Gasteiger partial charge < -0.3 is 9.84 Å². The molecule has 6 heteroatoms. The lowest BCUT2D eigenvalue weighted by Crippen LogP contribution is -2.50. The number of nitrogens with zero attached hydrogens (tertiary/aromatic N) is 1. The second-order valence-corrected chi connectivity index (χ2v) is 5.03. The zero-order valence-electron chi connectivity index (χ0n) is 11.1. The minimum absolute atomic E-state index is 0.0306. The van der Waals surface area contributed by atoms with Crippen LogP contribution in [0.2, 0.25) is 0 Å². The molecule has 0 aliphatic carbocycles. The molecule has 0 bridgehead atoms. The third-order valence-corrected chi connectivity index (χ3v) is 3.48. The molecule has 1 amide bonds. The number of carbonyl (C=O) groups is 2. The first-order valence-corrected chi connectivity index (χ1v) is 6.29. The van der Waals surface area contributed by atoms with E-state index in [0.717, 1.165) is 10.5 Å². The van der Waals surface area contributed by atoms with Gasteiger partial charge in [0.1, 0.15) is 18.3 Å². The SMILES string of the molecule is CC1(C(=O)O)CC(F)CN1C(=O)OCc1ccccc1. The largest absolute Gasteiger partial charge is 0.480 e. The zero-order chi connectivity index (χ0) is 14.8. The molecular formula is C14H16FNO4. The van der Waals surface area contributed by atoms with Crippen molar-refractivity contribution in [2.24, 2.45) is 0 Å². The number of benzene rings is 1. The first kappa shape index (κ1) is 14.3. The summed E-state index contributed by atoms with van der Waals surface area (Å²) in [5, 5.41) is 9.18. The number of carboxylic acid groups (broad SMARTS) is 1. The fraction of sp³-hybridized carbons (Fsp3) is 0.429. The number of carboxylic acids is 1. The van der Waals surface area contributed by atoms with Crippen LogP contribution in [0.3, 0.4) is 0 Å². The van der Waals surface area contributed by atoms with E-state index in [1.165, 1.54) is 6.92 Å². The van der Waals surface area contributed by atoms with Gasteiger partial charge in [-0.1, -0.05) is 30.3 Å². The zero-order valence-corrected chi connectivity index (χ0v) is 11.1. The molecule has 0 radical (unpaired) electrons. The molecule has 20 heavy (non-hydrogen) atoms. The third kappa shape index (κ3) is 2.74. The van der Waals surface area contributed by atoms with E-state index in [-0.39, 0.29) is 19.6 Å². The number of halogens is 1. The average Bonchev–Trinajstić information content (AvgIpc) is 2.74. The number of hydrogen-bond donors (Lipinski definition) is 1. The number of likely N-dealkylation sites (tertiary alicyclic amines) is 1. The Hall–Kier alpha value is -2.11. The molecule has 1 N–H and O–H groups in total. The van der Waals surface area contributed by atoms with E-state index in [9.17, 15) is 19.1 Å². The van der Waals surface area contributed by atoms with E-state index in [2.05, 4.69) is 0 Å². The standard InChI is InChI=1S/C14H16FNO4/c1-14(12(17)18)7-11(15)8-16(14)13(19)20-9-10-5-3-2-4-6-10/h2-6,11H,7-9H2,1H3,(H,17,18). The quantitative estimate of drug-likeness (QED) is 0.922. The van der Waals surface area contributed by atoms with Crippen molar-refractivity contribution >= 4 is 12.1 Å². The molecule has 0 saturated carbocycles. The summed E-state index contributed by atoms with van der Waals surface area (Å²) in [7, 11) is 0. The number of carbonyl (C=O) groups excluding carboxylic acids is 1. The summed E-state index contributed by atoms with van der Waals surface area (Å²) in [6.45, 7) is 1.11. The number of aliphatic carboxylic acids is 1. The fourth-order valence-corrected chi connectivity index (χ4v) is 2.28. The minimum Gasteiger partial charge on any atom is -0.480 e. The maximum atomic E-state index is 13.4. The monoisotopic (exact) mass is 281 g/mol. The van der Waals surface area contributed by atoms with E-state index >= 15 is 0 Å². The second kappa shape index (κ2) is 5.48. The van der Waals surface area contributed by atoms with Crippen molar-refractivity contribution in [2.45, 2.75) is 31.7 Å². The molecule has 1 aromatic carbocycles. The maximum absolute atomic E-state index is 13.4. The van der Waals surface area contributed by atoms with Crippen molar-refractivity contribution < 1.29 is 23.8 Å². The van der Waals surface area contributed by atoms with Crippen LogP contribution in [0.1, 0.15) is 18.9 Å². The predicted molar refractivity (Wildman–Crippen MR) is 68.9 cm³/mol. The van der Waals surface area contributed by atoms with E-state index < -0.39 is 23.8 Å². The highest BCUT2D eigenvalue weighted by Gasteiger charge is 2.51. The van der Waals surface area contributed by atoms with Gasteiger partial charge >= 0.3 is 12.1 Å². The molecule has 0 aromatic heterocycles. The molecule has 2 rings (SSSR count). The Bertz CT molecular complexity index is 507. The number of rotatable bonds is 3. The van der Waals surface area contributed by atoms with Crippen LogP contribution < -0.4 is 0 Å². The van der Waals surface area contributed by atoms with Crippen molar-refractivity contribution in [1.29, 1.82) is 0 Å². The molecular weight excluding hydrogens is 265 g/mol. The average molecular weight is 281 g/mol. The Morgan fingerprint density at radius 3 is 2.70 bits per heavy atom. The van der Waals surface area contributed by atoms with Crippen LogP contribution in [-0.4, -0.2) is 40.3 Å². The lowest BCUT2D eigenvalue weighted by Gasteiger charge is -2.29. The van der Waals surface area contributed by atoms with Crippen molar-refractivity contribution in [3.8, 4) is 0 Å². The van der Waals surface area contributed by atoms with Crippen molar-refractivity contribution in [1.82, 2.24) is 4.90 Å². The lowest BCUT2D eigenvalue weighted by atomic mass is 9.99. The minimum atomic E-state index is -1.55. The van der Waals surface area contributed by atoms with Crippen molar-refractivity contribution in [3.63, 3.8) is 0 Å². The van der Waals surface area contributed by atoms with Gasteiger partial charge in [-0.3, -0.25) is 4.90 Å². The van der Waals surface area contributed by atoms with Gasteiger partial charge in [0.05, 0.1) is 6.54 Å². The van der Waals surface area contributed by atoms with Crippen LogP contribution in [0.25, 0.3) is 0 Å². The van der Waals surface area contributed by atoms with E-state index in [1.54, 1.807) is 24.3 Å². The molecule has 1 aromatic rings. The Kier molecular flexibility index (Phi) is 3.92. The molecule has 1 saturated heterocycles. The predicted octanol–water partition coefficient (Wildman–Crippen LogP) is 2.21. The molecule has 0 spiro atoms. The van der Waals surface area contributed by atoms with E-state index in [0.29, 0.717) is 0 Å². The molecule has 108 valence electrons. The van der Waals surface area contributed by atoms with Crippen molar-refractivity contribution in [2.75, 3.05) is 6.54 Å². The normalized spacial score (nSPS) is 25.5. The van der Waals surface area contributed by atoms with E-state index in [1.807, 2.05) is 6.07 Å². The molecule has 2 atom stereocenters. The Morgan fingerprint density at radius 2 is 2.10 bits per heavy atom. The fourth-order valence-electron chi connectivity index (χ4n) is 2.28. The summed E-state index contributed by atoms with van der Waals surface area (Å²) in [6.07, 6.45) is -2.37. The van der Waals surface area contributed by atoms with E-state index in [4.69, 9.17) is 4.74 Å². The Balaban J connectivity index is 2.03. The molecule has 5 nitrogen and oxygen atoms in total. The van der Waals surface area contributed by atoms with Crippen LogP contribution in [0.5, 0.6) is 0 Å². The topological polar surface area (TPSA) is 66.8 Å². The highest BCUT2D eigenvalue weighted by Crippen LogP contribution is 2.32. The number of hydrogen-bond acceptors (Lipinski definition) is 3. The summed E-state index contributed by atoms with van der Waals surface area (Å²) in [5.74, 6) is -1.23. The van der Waals surface area contributed by atoms with Gasteiger partial charge in [-0.15, -0.1) is 0 Å². The summed E-state index contributed by atoms with van der Waals surface area (Å²) >= 11 is 0. The van der Waals surface area contributed by atoms with Crippen LogP contribution >= 0.6 is 0 Å². The second-order valence-electron chi connectivity index (χ2n) is 5.03. The smallest absolute Gasteiger partial charge is 0.411 e. The molecule has 1 aliphatic heterocycles. The lowest BCUT2D eigenvalue weighted by molar-refractivity contribution is -0.147. The Morgan fingerprint density at radius 1 is 1.45 bits per heavy atom. The molecule has 1 heterocycles. The first-order valence-electron chi connectivity index (χ1n) is 6.29. The van der Waals surface area contributed by atoms with Gasteiger partial charge in [-0.25, -0.2) is 14.0 Å². The molecule has 2 unspecified atom stereocenters. The van der Waals surface area contributed by atoms with Gasteiger partial charge in [-0.05, 0) is 12.5 Å². The van der Waals surface area contributed by atoms with Gasteiger partial charge in [0.25, 0.3) is 0 Å². The summed E-state index contributed by atoms with van der Waals surface area (Å²) in [4.78, 5) is 24.1. The van der Waals surface area contributed by atoms with Gasteiger partial charge in [0.2, 0.25) is 0 Å². The number of amides is 1. The Labute approximate surface area is 116 Å². The summed E-state index contributed by atoms with van der Waals surface area (Å²) in [6, 6.07) is 9.01. The molecule has 1 fully saturated rings. The van der Waals surface area contributed by atoms with Crippen LogP contribution in [0, 0.1) is 0 Å². The van der Waals surface area contributed by atoms with Gasteiger partial charge in [0.15, 0.2) is 0 Å². The van der Waals surface area contributed by atoms with Crippen molar-refractivity contribution in [3.05, 3.63) is 35.9 Å². The first-order chi connectivity index (χ1) is 9.43. The van der Waals surface area contributed by atoms with Crippen LogP contribution in [-0.2, 0) is 16.1 Å². The van der Waals surface area contributed by atoms with Crippen LogP contribution in [0.4, 0.5) is 9.18 Å². The summed E-state index contributed by atoms with van der Waals surface area (Å²) < 4.78 is 18.5. The third-order valence-electron chi connectivity index (χ3n) is 3.48. The number of ether oxygens (including phenoxy) is 1. The highest BCUT2D eigenvalue weighted by atomic mass is 19.1. The van der Waals surface area contributed by atoms with Gasteiger partial charge in [0, 0.05) is 6.42 Å². The highest BCUT2D eigenvalue weighted by molar-refractivity contribution is 5.84. The maximum Gasteiger partial charge on any atom is 0.411 e. The van der Waals surface area contributed by atoms with Gasteiger partial charge in [-0.2, -0.15) is 0 Å². The van der Waals surface area contributed by atoms with Crippen LogP contribution in [0.15, 0.2) is 30.3 Å². The molecule has 1 aliphatic rings.